The smallest absolute Gasteiger partial charge is 0.296 e. The van der Waals surface area contributed by atoms with Crippen LogP contribution in [0.4, 0.5) is 5.69 Å². The summed E-state index contributed by atoms with van der Waals surface area (Å²) in [5, 5.41) is 3.58. The van der Waals surface area contributed by atoms with E-state index in [1.807, 2.05) is 32.0 Å². The van der Waals surface area contributed by atoms with Crippen LogP contribution in [0.5, 0.6) is 6.01 Å². The first-order chi connectivity index (χ1) is 16.0. The molecule has 2 aliphatic rings. The quantitative estimate of drug-likeness (QED) is 0.570. The number of hydrogen-bond donors (Lipinski definition) is 2. The number of benzene rings is 1. The number of imidazole rings is 1. The number of nitrogens with zero attached hydrogens (tertiary/aromatic N) is 3. The van der Waals surface area contributed by atoms with Crippen molar-refractivity contribution in [1.29, 1.82) is 0 Å². The number of aromatic amines is 1. The molecule has 2 N–H and O–H groups in total. The highest BCUT2D eigenvalue weighted by Gasteiger charge is 2.33. The van der Waals surface area contributed by atoms with Gasteiger partial charge in [-0.1, -0.05) is 37.6 Å². The molecule has 0 unspecified atom stereocenters. The van der Waals surface area contributed by atoms with E-state index in [4.69, 9.17) is 21.1 Å². The molecule has 1 aromatic carbocycles. The summed E-state index contributed by atoms with van der Waals surface area (Å²) in [6.45, 7) is 7.08. The molecule has 2 aromatic heterocycles. The van der Waals surface area contributed by atoms with Crippen LogP contribution < -0.4 is 15.0 Å². The van der Waals surface area contributed by atoms with Gasteiger partial charge >= 0.3 is 0 Å². The van der Waals surface area contributed by atoms with Crippen LogP contribution in [0.2, 0.25) is 5.02 Å². The highest BCUT2D eigenvalue weighted by molar-refractivity contribution is 6.33. The first-order valence-corrected chi connectivity index (χ1v) is 11.8. The summed E-state index contributed by atoms with van der Waals surface area (Å²) in [6.07, 6.45) is 1.56. The fourth-order valence-corrected chi connectivity index (χ4v) is 4.37. The van der Waals surface area contributed by atoms with Gasteiger partial charge in [-0.15, -0.1) is 0 Å². The van der Waals surface area contributed by atoms with Crippen LogP contribution in [-0.2, 0) is 9.53 Å². The Morgan fingerprint density at radius 3 is 2.64 bits per heavy atom. The molecule has 1 saturated carbocycles. The molecule has 0 spiro atoms. The molecule has 9 heteroatoms. The second kappa shape index (κ2) is 9.19. The third kappa shape index (κ3) is 4.77. The summed E-state index contributed by atoms with van der Waals surface area (Å²) < 4.78 is 11.4. The van der Waals surface area contributed by atoms with Crippen LogP contribution >= 0.6 is 11.6 Å². The predicted molar refractivity (Wildman–Crippen MR) is 128 cm³/mol. The second-order valence-corrected chi connectivity index (χ2v) is 9.36. The summed E-state index contributed by atoms with van der Waals surface area (Å²) in [6, 6.07) is 10.7. The van der Waals surface area contributed by atoms with Crippen molar-refractivity contribution in [2.75, 3.05) is 31.2 Å². The lowest BCUT2D eigenvalue weighted by atomic mass is 9.89. The Morgan fingerprint density at radius 1 is 1.21 bits per heavy atom. The number of H-pyrrole nitrogens is 1. The molecule has 2 fully saturated rings. The number of hydrogen-bond acceptors (Lipinski definition) is 6. The number of halogens is 1. The monoisotopic (exact) mass is 469 g/mol. The van der Waals surface area contributed by atoms with Gasteiger partial charge in [0, 0.05) is 49.1 Å². The van der Waals surface area contributed by atoms with E-state index in [-0.39, 0.29) is 24.0 Å². The molecule has 8 nitrogen and oxygen atoms in total. The zero-order valence-electron chi connectivity index (χ0n) is 18.8. The summed E-state index contributed by atoms with van der Waals surface area (Å²) in [7, 11) is 0. The van der Waals surface area contributed by atoms with Gasteiger partial charge in [0.1, 0.15) is 6.10 Å². The lowest BCUT2D eigenvalue weighted by molar-refractivity contribution is -0.125. The first-order valence-electron chi connectivity index (χ1n) is 11.4. The van der Waals surface area contributed by atoms with Crippen molar-refractivity contribution in [3.8, 4) is 17.3 Å². The van der Waals surface area contributed by atoms with E-state index in [1.165, 1.54) is 0 Å². The number of pyridine rings is 1. The average molecular weight is 470 g/mol. The summed E-state index contributed by atoms with van der Waals surface area (Å²) in [5.74, 6) is 0.0625. The lowest BCUT2D eigenvalue weighted by Gasteiger charge is -2.35. The van der Waals surface area contributed by atoms with Crippen LogP contribution in [0.3, 0.4) is 0 Å². The van der Waals surface area contributed by atoms with E-state index >= 15 is 0 Å². The van der Waals surface area contributed by atoms with Crippen molar-refractivity contribution in [2.24, 2.45) is 5.92 Å². The molecule has 3 aromatic rings. The van der Waals surface area contributed by atoms with Crippen molar-refractivity contribution in [2.45, 2.75) is 38.8 Å². The highest BCUT2D eigenvalue weighted by atomic mass is 35.5. The van der Waals surface area contributed by atoms with E-state index < -0.39 is 0 Å². The number of nitrogens with one attached hydrogen (secondary N) is 2. The minimum Gasteiger partial charge on any atom is -0.461 e. The Hall–Kier alpha value is -2.84. The Labute approximate surface area is 197 Å². The van der Waals surface area contributed by atoms with Crippen LogP contribution in [0.1, 0.15) is 26.7 Å². The number of aromatic nitrogens is 3. The van der Waals surface area contributed by atoms with E-state index in [0.717, 1.165) is 55.9 Å². The molecule has 174 valence electrons. The van der Waals surface area contributed by atoms with Crippen LogP contribution in [0, 0.1) is 5.92 Å². The van der Waals surface area contributed by atoms with Crippen LogP contribution in [-0.4, -0.2) is 59.3 Å². The largest absolute Gasteiger partial charge is 0.461 e. The molecule has 3 heterocycles. The number of carbonyl (C=O) groups is 1. The maximum absolute atomic E-state index is 11.8. The number of anilines is 1. The van der Waals surface area contributed by atoms with Gasteiger partial charge in [-0.2, -0.15) is 4.98 Å². The fraction of sp³-hybridized carbons (Fsp3) is 0.458. The highest BCUT2D eigenvalue weighted by Crippen LogP contribution is 2.32. The molecule has 0 radical (unpaired) electrons. The van der Waals surface area contributed by atoms with Gasteiger partial charge < -0.3 is 24.7 Å². The standard InChI is InChI=1S/C24H28ClN5O3/c1-14(2)23(31)26-16-11-18(12-16)33-24-27-20-13-19(25)21(28-22(20)29-24)15-3-5-17(6-4-15)30-7-9-32-10-8-30/h3-6,13-14,16,18H,7-12H2,1-2H3,(H,26,31)(H,27,28,29)/t16-,18+. The maximum atomic E-state index is 11.8. The van der Waals surface area contributed by atoms with Gasteiger partial charge in [-0.05, 0) is 18.2 Å². The molecule has 0 atom stereocenters. The molecule has 1 aliphatic carbocycles. The molecule has 1 amide bonds. The Kier molecular flexibility index (Phi) is 6.12. The normalized spacial score (nSPS) is 20.7. The maximum Gasteiger partial charge on any atom is 0.296 e. The Morgan fingerprint density at radius 2 is 1.94 bits per heavy atom. The topological polar surface area (TPSA) is 92.4 Å². The first kappa shape index (κ1) is 22.0. The zero-order chi connectivity index (χ0) is 22.9. The van der Waals surface area contributed by atoms with E-state index in [9.17, 15) is 4.79 Å². The van der Waals surface area contributed by atoms with Crippen molar-refractivity contribution >= 4 is 34.4 Å². The SMILES string of the molecule is CC(C)C(=O)N[C@H]1C[C@@H](Oc2nc3nc(-c4ccc(N5CCOCC5)cc4)c(Cl)cc3[nH]2)C1. The lowest BCUT2D eigenvalue weighted by Crippen LogP contribution is -2.50. The van der Waals surface area contributed by atoms with Crippen molar-refractivity contribution < 1.29 is 14.3 Å². The minimum absolute atomic E-state index is 0.0130. The van der Waals surface area contributed by atoms with Gasteiger partial charge in [-0.3, -0.25) is 4.79 Å². The number of morpholine rings is 1. The molecular weight excluding hydrogens is 442 g/mol. The minimum atomic E-state index is -0.0130. The van der Waals surface area contributed by atoms with Crippen molar-refractivity contribution in [3.63, 3.8) is 0 Å². The Balaban J connectivity index is 1.26. The number of ether oxygens (including phenoxy) is 2. The second-order valence-electron chi connectivity index (χ2n) is 8.95. The molecular formula is C24H28ClN5O3. The van der Waals surface area contributed by atoms with Gasteiger partial charge in [0.2, 0.25) is 5.91 Å². The van der Waals surface area contributed by atoms with Crippen LogP contribution in [0.25, 0.3) is 22.4 Å². The summed E-state index contributed by atoms with van der Waals surface area (Å²) in [4.78, 5) is 26.5. The van der Waals surface area contributed by atoms with E-state index in [2.05, 4.69) is 37.3 Å². The molecule has 0 bridgehead atoms. The van der Waals surface area contributed by atoms with Gasteiger partial charge in [-0.25, -0.2) is 4.98 Å². The Bertz CT molecular complexity index is 1130. The predicted octanol–water partition coefficient (Wildman–Crippen LogP) is 3.80. The molecule has 1 aliphatic heterocycles. The number of carbonyl (C=O) groups excluding carboxylic acids is 1. The van der Waals surface area contributed by atoms with Crippen LogP contribution in [0.15, 0.2) is 30.3 Å². The number of fused-ring (bicyclic) bond motifs is 1. The van der Waals surface area contributed by atoms with E-state index in [1.54, 1.807) is 0 Å². The van der Waals surface area contributed by atoms with Crippen molar-refractivity contribution in [3.05, 3.63) is 35.4 Å². The molecule has 5 rings (SSSR count). The molecule has 1 saturated heterocycles. The summed E-state index contributed by atoms with van der Waals surface area (Å²) in [5.41, 5.74) is 4.08. The third-order valence-corrected chi connectivity index (χ3v) is 6.45. The fourth-order valence-electron chi connectivity index (χ4n) is 4.11. The average Bonchev–Trinajstić information content (AvgIpc) is 3.18. The molecule has 33 heavy (non-hydrogen) atoms. The van der Waals surface area contributed by atoms with Gasteiger partial charge in [0.05, 0.1) is 29.4 Å². The summed E-state index contributed by atoms with van der Waals surface area (Å²) >= 11 is 6.55. The zero-order valence-corrected chi connectivity index (χ0v) is 19.6. The van der Waals surface area contributed by atoms with E-state index in [0.29, 0.717) is 22.4 Å². The third-order valence-electron chi connectivity index (χ3n) is 6.17. The van der Waals surface area contributed by atoms with Gasteiger partial charge in [0.15, 0.2) is 5.65 Å². The van der Waals surface area contributed by atoms with Gasteiger partial charge in [0.25, 0.3) is 6.01 Å². The van der Waals surface area contributed by atoms with Crippen molar-refractivity contribution in [1.82, 2.24) is 20.3 Å². The number of amides is 1. The number of rotatable bonds is 6.